The molecule has 23 heavy (non-hydrogen) atoms. The summed E-state index contributed by atoms with van der Waals surface area (Å²) >= 11 is 0. The Kier molecular flexibility index (Phi) is 5.86. The Bertz CT molecular complexity index is 717. The number of hydrogen-bond donors (Lipinski definition) is 2. The maximum absolute atomic E-state index is 10.9. The van der Waals surface area contributed by atoms with Crippen LogP contribution in [0.3, 0.4) is 0 Å². The zero-order chi connectivity index (χ0) is 16.7. The van der Waals surface area contributed by atoms with Crippen molar-refractivity contribution in [3.05, 3.63) is 83.9 Å². The summed E-state index contributed by atoms with van der Waals surface area (Å²) in [4.78, 5) is 10.9. The SMILES string of the molecule is CO.O=C1OC(O)c2ccccc21.c1ccc2ccccc2c1. The van der Waals surface area contributed by atoms with Crippen LogP contribution in [-0.4, -0.2) is 23.3 Å². The largest absolute Gasteiger partial charge is 0.428 e. The molecule has 3 aromatic rings. The minimum Gasteiger partial charge on any atom is -0.428 e. The van der Waals surface area contributed by atoms with E-state index in [-0.39, 0.29) is 0 Å². The molecular weight excluding hydrogens is 292 g/mol. The van der Waals surface area contributed by atoms with Crippen molar-refractivity contribution in [1.29, 1.82) is 0 Å². The summed E-state index contributed by atoms with van der Waals surface area (Å²) in [6, 6.07) is 23.5. The van der Waals surface area contributed by atoms with E-state index in [2.05, 4.69) is 53.3 Å². The van der Waals surface area contributed by atoms with E-state index < -0.39 is 12.3 Å². The number of hydrogen-bond acceptors (Lipinski definition) is 4. The summed E-state index contributed by atoms with van der Waals surface area (Å²) in [7, 11) is 1.00. The number of carbonyl (C=O) groups excluding carboxylic acids is 1. The van der Waals surface area contributed by atoms with E-state index in [0.717, 1.165) is 7.11 Å². The maximum atomic E-state index is 10.9. The van der Waals surface area contributed by atoms with E-state index in [9.17, 15) is 4.79 Å². The van der Waals surface area contributed by atoms with Crippen molar-refractivity contribution in [2.75, 3.05) is 7.11 Å². The Hall–Kier alpha value is -2.69. The van der Waals surface area contributed by atoms with Crippen LogP contribution in [0.4, 0.5) is 0 Å². The third-order valence-corrected chi connectivity index (χ3v) is 3.32. The molecule has 3 aromatic carbocycles. The van der Waals surface area contributed by atoms with Gasteiger partial charge in [-0.15, -0.1) is 0 Å². The number of rotatable bonds is 0. The van der Waals surface area contributed by atoms with Crippen molar-refractivity contribution in [3.63, 3.8) is 0 Å². The molecule has 0 spiro atoms. The predicted molar refractivity (Wildman–Crippen MR) is 88.9 cm³/mol. The van der Waals surface area contributed by atoms with Gasteiger partial charge in [0.15, 0.2) is 0 Å². The van der Waals surface area contributed by atoms with Gasteiger partial charge in [0.1, 0.15) is 0 Å². The van der Waals surface area contributed by atoms with Gasteiger partial charge in [-0.1, -0.05) is 66.7 Å². The minimum atomic E-state index is -1.07. The first-order valence-electron chi connectivity index (χ1n) is 7.12. The second-order valence-corrected chi connectivity index (χ2v) is 4.69. The molecule has 118 valence electrons. The molecule has 4 heteroatoms. The second-order valence-electron chi connectivity index (χ2n) is 4.69. The lowest BCUT2D eigenvalue weighted by Crippen LogP contribution is -1.95. The number of esters is 1. The normalized spacial score (nSPS) is 14.7. The van der Waals surface area contributed by atoms with Gasteiger partial charge < -0.3 is 14.9 Å². The van der Waals surface area contributed by atoms with E-state index in [1.807, 2.05) is 0 Å². The summed E-state index contributed by atoms with van der Waals surface area (Å²) in [6.07, 6.45) is -1.07. The number of fused-ring (bicyclic) bond motifs is 2. The first-order valence-corrected chi connectivity index (χ1v) is 7.12. The van der Waals surface area contributed by atoms with E-state index in [4.69, 9.17) is 10.2 Å². The fraction of sp³-hybridized carbons (Fsp3) is 0.105. The number of cyclic esters (lactones) is 1. The van der Waals surface area contributed by atoms with Crippen molar-refractivity contribution in [2.24, 2.45) is 0 Å². The van der Waals surface area contributed by atoms with Gasteiger partial charge in [-0.25, -0.2) is 4.79 Å². The first kappa shape index (κ1) is 16.7. The Morgan fingerprint density at radius 1 is 0.783 bits per heavy atom. The molecule has 1 aliphatic heterocycles. The quantitative estimate of drug-likeness (QED) is 0.625. The van der Waals surface area contributed by atoms with Crippen LogP contribution in [0, 0.1) is 0 Å². The van der Waals surface area contributed by atoms with Gasteiger partial charge in [0.25, 0.3) is 0 Å². The third-order valence-electron chi connectivity index (χ3n) is 3.32. The van der Waals surface area contributed by atoms with Crippen LogP contribution in [0.25, 0.3) is 10.8 Å². The molecule has 0 radical (unpaired) electrons. The summed E-state index contributed by atoms with van der Waals surface area (Å²) in [5.74, 6) is -0.451. The average molecular weight is 310 g/mol. The van der Waals surface area contributed by atoms with Crippen LogP contribution in [0.5, 0.6) is 0 Å². The molecule has 2 N–H and O–H groups in total. The summed E-state index contributed by atoms with van der Waals surface area (Å²) < 4.78 is 4.55. The number of carbonyl (C=O) groups is 1. The molecule has 1 atom stereocenters. The van der Waals surface area contributed by atoms with Crippen LogP contribution >= 0.6 is 0 Å². The number of benzene rings is 3. The highest BCUT2D eigenvalue weighted by molar-refractivity contribution is 5.93. The molecule has 0 amide bonds. The van der Waals surface area contributed by atoms with Crippen molar-refractivity contribution in [3.8, 4) is 0 Å². The fourth-order valence-electron chi connectivity index (χ4n) is 2.26. The van der Waals surface area contributed by atoms with Crippen LogP contribution in [0.1, 0.15) is 22.2 Å². The lowest BCUT2D eigenvalue weighted by molar-refractivity contribution is -0.0547. The molecule has 1 aliphatic rings. The highest BCUT2D eigenvalue weighted by Crippen LogP contribution is 2.27. The standard InChI is InChI=1S/C10H8.C8H6O3.CH4O/c1-2-6-10-8-4-3-7-9(10)5-1;9-7-5-3-1-2-4-6(5)8(10)11-7;1-2/h1-8H;1-4,7,9H;2H,1H3. The topological polar surface area (TPSA) is 66.8 Å². The lowest BCUT2D eigenvalue weighted by atomic mass is 10.1. The third kappa shape index (κ3) is 3.94. The molecule has 0 aromatic heterocycles. The van der Waals surface area contributed by atoms with E-state index in [0.29, 0.717) is 11.1 Å². The van der Waals surface area contributed by atoms with Gasteiger partial charge in [0.2, 0.25) is 6.29 Å². The van der Waals surface area contributed by atoms with Crippen molar-refractivity contribution in [2.45, 2.75) is 6.29 Å². The molecule has 4 rings (SSSR count). The van der Waals surface area contributed by atoms with Gasteiger partial charge in [0, 0.05) is 12.7 Å². The maximum Gasteiger partial charge on any atom is 0.341 e. The molecule has 0 saturated carbocycles. The molecular formula is C19H18O4. The van der Waals surface area contributed by atoms with Gasteiger partial charge >= 0.3 is 5.97 Å². The summed E-state index contributed by atoms with van der Waals surface area (Å²) in [6.45, 7) is 0. The molecule has 0 saturated heterocycles. The Morgan fingerprint density at radius 2 is 1.22 bits per heavy atom. The van der Waals surface area contributed by atoms with Crippen LogP contribution < -0.4 is 0 Å². The van der Waals surface area contributed by atoms with Gasteiger partial charge in [0.05, 0.1) is 5.56 Å². The fourth-order valence-corrected chi connectivity index (χ4v) is 2.26. The van der Waals surface area contributed by atoms with Gasteiger partial charge in [-0.05, 0) is 16.8 Å². The lowest BCUT2D eigenvalue weighted by Gasteiger charge is -1.98. The van der Waals surface area contributed by atoms with E-state index in [1.165, 1.54) is 10.8 Å². The summed E-state index contributed by atoms with van der Waals surface area (Å²) in [5, 5.41) is 18.7. The van der Waals surface area contributed by atoms with Crippen molar-refractivity contribution in [1.82, 2.24) is 0 Å². The predicted octanol–water partition coefficient (Wildman–Crippen LogP) is 3.30. The monoisotopic (exact) mass is 310 g/mol. The Balaban J connectivity index is 0.000000152. The molecule has 4 nitrogen and oxygen atoms in total. The smallest absolute Gasteiger partial charge is 0.341 e. The Labute approximate surface area is 134 Å². The molecule has 0 bridgehead atoms. The zero-order valence-corrected chi connectivity index (χ0v) is 12.7. The van der Waals surface area contributed by atoms with Crippen LogP contribution in [0.15, 0.2) is 72.8 Å². The molecule has 0 aliphatic carbocycles. The molecule has 0 fully saturated rings. The Morgan fingerprint density at radius 3 is 1.70 bits per heavy atom. The number of ether oxygens (including phenoxy) is 1. The van der Waals surface area contributed by atoms with Gasteiger partial charge in [-0.3, -0.25) is 0 Å². The van der Waals surface area contributed by atoms with Crippen LogP contribution in [-0.2, 0) is 4.74 Å². The number of aliphatic hydroxyl groups excluding tert-OH is 2. The molecule has 1 unspecified atom stereocenters. The number of aliphatic hydroxyl groups is 2. The second kappa shape index (κ2) is 8.08. The van der Waals surface area contributed by atoms with Crippen molar-refractivity contribution >= 4 is 16.7 Å². The minimum absolute atomic E-state index is 0.451. The van der Waals surface area contributed by atoms with E-state index in [1.54, 1.807) is 24.3 Å². The van der Waals surface area contributed by atoms with Crippen molar-refractivity contribution < 1.29 is 19.7 Å². The highest BCUT2D eigenvalue weighted by atomic mass is 16.6. The van der Waals surface area contributed by atoms with Crippen LogP contribution in [0.2, 0.25) is 0 Å². The zero-order valence-electron chi connectivity index (χ0n) is 12.7. The van der Waals surface area contributed by atoms with E-state index >= 15 is 0 Å². The first-order chi connectivity index (χ1) is 11.3. The highest BCUT2D eigenvalue weighted by Gasteiger charge is 2.28. The molecule has 1 heterocycles. The van der Waals surface area contributed by atoms with Gasteiger partial charge in [-0.2, -0.15) is 0 Å². The average Bonchev–Trinajstić information content (AvgIpc) is 2.92. The summed E-state index contributed by atoms with van der Waals surface area (Å²) in [5.41, 5.74) is 1.01.